The van der Waals surface area contributed by atoms with Crippen molar-refractivity contribution in [3.05, 3.63) is 28.0 Å². The molecule has 0 amide bonds. The van der Waals surface area contributed by atoms with E-state index < -0.39 is 11.5 Å². The molecule has 0 saturated heterocycles. The molecular formula is C15H16BrFN6. The third kappa shape index (κ3) is 2.55. The summed E-state index contributed by atoms with van der Waals surface area (Å²) in [5, 5.41) is 9.43. The fourth-order valence-corrected chi connectivity index (χ4v) is 3.82. The molecule has 1 aromatic rings. The van der Waals surface area contributed by atoms with Gasteiger partial charge in [0.05, 0.1) is 15.7 Å². The molecule has 1 saturated carbocycles. The fraction of sp³-hybridized carbons (Fsp3) is 0.400. The number of halogens is 2. The highest BCUT2D eigenvalue weighted by Gasteiger charge is 2.44. The van der Waals surface area contributed by atoms with E-state index in [1.165, 1.54) is 12.1 Å². The summed E-state index contributed by atoms with van der Waals surface area (Å²) in [4.78, 5) is 10.2. The quantitative estimate of drug-likeness (QED) is 0.783. The lowest BCUT2D eigenvalue weighted by Crippen LogP contribution is -2.58. The van der Waals surface area contributed by atoms with Gasteiger partial charge >= 0.3 is 0 Å². The van der Waals surface area contributed by atoms with Crippen LogP contribution < -0.4 is 16.4 Å². The number of hydrogen-bond acceptors (Lipinski definition) is 6. The number of nitriles is 1. The van der Waals surface area contributed by atoms with E-state index in [1.807, 2.05) is 0 Å². The topological polar surface area (TPSA) is 104 Å². The Morgan fingerprint density at radius 2 is 1.96 bits per heavy atom. The van der Waals surface area contributed by atoms with E-state index in [1.54, 1.807) is 4.90 Å². The number of hydrogen-bond donors (Lipinski definition) is 2. The van der Waals surface area contributed by atoms with Crippen molar-refractivity contribution in [1.29, 1.82) is 5.26 Å². The zero-order valence-corrected chi connectivity index (χ0v) is 14.0. The average Bonchev–Trinajstić information content (AvgIpc) is 2.51. The van der Waals surface area contributed by atoms with Crippen LogP contribution in [-0.2, 0) is 0 Å². The van der Waals surface area contributed by atoms with Gasteiger partial charge in [-0.15, -0.1) is 0 Å². The number of nitrogens with zero attached hydrogens (tertiary/aromatic N) is 4. The highest BCUT2D eigenvalue weighted by molar-refractivity contribution is 9.10. The van der Waals surface area contributed by atoms with Crippen LogP contribution in [0.4, 0.5) is 10.1 Å². The lowest BCUT2D eigenvalue weighted by molar-refractivity contribution is 0.305. The van der Waals surface area contributed by atoms with Crippen molar-refractivity contribution in [3.63, 3.8) is 0 Å². The highest BCUT2D eigenvalue weighted by atomic mass is 79.9. The molecule has 2 aliphatic rings. The van der Waals surface area contributed by atoms with Crippen LogP contribution in [0.25, 0.3) is 0 Å². The van der Waals surface area contributed by atoms with Gasteiger partial charge in [0.2, 0.25) is 11.9 Å². The number of nitrogens with two attached hydrogens (primary N) is 2. The molecule has 120 valence electrons. The maximum atomic E-state index is 14.1. The van der Waals surface area contributed by atoms with Crippen LogP contribution in [0.1, 0.15) is 37.7 Å². The Labute approximate surface area is 141 Å². The van der Waals surface area contributed by atoms with Crippen LogP contribution in [-0.4, -0.2) is 17.6 Å². The van der Waals surface area contributed by atoms with E-state index in [0.29, 0.717) is 11.3 Å². The van der Waals surface area contributed by atoms with Crippen LogP contribution in [0.3, 0.4) is 0 Å². The molecule has 6 nitrogen and oxygen atoms in total. The van der Waals surface area contributed by atoms with Gasteiger partial charge in [0.15, 0.2) is 0 Å². The first-order valence-corrected chi connectivity index (χ1v) is 8.15. The molecule has 1 heterocycles. The molecule has 0 aromatic heterocycles. The SMILES string of the molecule is N#Cc1ccc(F)c(Br)c1N1C(N)=NC(N)=NC12CCCCC2. The van der Waals surface area contributed by atoms with Gasteiger partial charge in [-0.2, -0.15) is 10.3 Å². The molecule has 23 heavy (non-hydrogen) atoms. The van der Waals surface area contributed by atoms with Crippen molar-refractivity contribution in [2.75, 3.05) is 4.90 Å². The minimum atomic E-state index is -0.712. The Morgan fingerprint density at radius 3 is 2.61 bits per heavy atom. The maximum absolute atomic E-state index is 14.1. The number of rotatable bonds is 1. The molecule has 0 radical (unpaired) electrons. The van der Waals surface area contributed by atoms with E-state index >= 15 is 0 Å². The van der Waals surface area contributed by atoms with Gasteiger partial charge in [-0.3, -0.25) is 4.90 Å². The standard InChI is InChI=1S/C15H16BrFN6/c16-11-10(17)5-4-9(8-18)12(11)23-14(20)21-13(19)22-15(23)6-2-1-3-7-15/h4-5H,1-3,6-7H2,(H4,19,20,21,22). The minimum absolute atomic E-state index is 0.117. The van der Waals surface area contributed by atoms with E-state index in [4.69, 9.17) is 11.5 Å². The predicted molar refractivity (Wildman–Crippen MR) is 90.4 cm³/mol. The molecule has 4 N–H and O–H groups in total. The van der Waals surface area contributed by atoms with Crippen molar-refractivity contribution >= 4 is 33.5 Å². The molecule has 1 spiro atoms. The van der Waals surface area contributed by atoms with Crippen LogP contribution in [0.15, 0.2) is 26.6 Å². The molecule has 8 heteroatoms. The molecule has 1 fully saturated rings. The second-order valence-corrected chi connectivity index (χ2v) is 6.48. The number of anilines is 1. The Kier molecular flexibility index (Phi) is 3.98. The van der Waals surface area contributed by atoms with Crippen molar-refractivity contribution in [2.24, 2.45) is 21.5 Å². The van der Waals surface area contributed by atoms with Crippen LogP contribution in [0, 0.1) is 17.1 Å². The summed E-state index contributed by atoms with van der Waals surface area (Å²) in [6.07, 6.45) is 4.44. The largest absolute Gasteiger partial charge is 0.369 e. The fourth-order valence-electron chi connectivity index (χ4n) is 3.29. The monoisotopic (exact) mass is 378 g/mol. The van der Waals surface area contributed by atoms with Gasteiger partial charge in [0, 0.05) is 0 Å². The van der Waals surface area contributed by atoms with E-state index in [2.05, 4.69) is 32.0 Å². The summed E-state index contributed by atoms with van der Waals surface area (Å²) < 4.78 is 14.3. The second kappa shape index (κ2) is 5.81. The number of guanidine groups is 2. The molecule has 0 unspecified atom stereocenters. The van der Waals surface area contributed by atoms with Gasteiger partial charge in [-0.05, 0) is 53.7 Å². The summed E-state index contributed by atoms with van der Waals surface area (Å²) in [6.45, 7) is 0. The molecule has 1 aliphatic carbocycles. The van der Waals surface area contributed by atoms with Crippen LogP contribution in [0.5, 0.6) is 0 Å². The van der Waals surface area contributed by atoms with Gasteiger partial charge in [-0.25, -0.2) is 9.38 Å². The van der Waals surface area contributed by atoms with E-state index in [0.717, 1.165) is 32.1 Å². The molecule has 1 aliphatic heterocycles. The summed E-state index contributed by atoms with van der Waals surface area (Å²) >= 11 is 3.24. The third-order valence-electron chi connectivity index (χ3n) is 4.26. The summed E-state index contributed by atoms with van der Waals surface area (Å²) in [6, 6.07) is 4.76. The predicted octanol–water partition coefficient (Wildman–Crippen LogP) is 2.57. The Hall–Kier alpha value is -2.14. The highest BCUT2D eigenvalue weighted by Crippen LogP contribution is 2.43. The van der Waals surface area contributed by atoms with Crippen molar-refractivity contribution in [2.45, 2.75) is 37.8 Å². The Bertz CT molecular complexity index is 745. The molecule has 0 bridgehead atoms. The number of aliphatic imine (C=N–C) groups is 2. The van der Waals surface area contributed by atoms with Crippen molar-refractivity contribution in [1.82, 2.24) is 0 Å². The van der Waals surface area contributed by atoms with E-state index in [9.17, 15) is 9.65 Å². The normalized spacial score (nSPS) is 20.0. The third-order valence-corrected chi connectivity index (χ3v) is 5.02. The average molecular weight is 379 g/mol. The summed E-state index contributed by atoms with van der Waals surface area (Å²) in [5.74, 6) is -0.228. The number of benzene rings is 1. The molecule has 1 aromatic carbocycles. The molecular weight excluding hydrogens is 363 g/mol. The maximum Gasteiger partial charge on any atom is 0.220 e. The van der Waals surface area contributed by atoms with Gasteiger partial charge in [-0.1, -0.05) is 6.42 Å². The van der Waals surface area contributed by atoms with Gasteiger partial charge < -0.3 is 11.5 Å². The zero-order valence-electron chi connectivity index (χ0n) is 12.4. The first-order chi connectivity index (χ1) is 11.0. The van der Waals surface area contributed by atoms with Crippen molar-refractivity contribution < 1.29 is 4.39 Å². The Morgan fingerprint density at radius 1 is 1.26 bits per heavy atom. The van der Waals surface area contributed by atoms with E-state index in [-0.39, 0.29) is 16.4 Å². The Balaban J connectivity index is 2.23. The smallest absolute Gasteiger partial charge is 0.220 e. The molecule has 3 rings (SSSR count). The lowest BCUT2D eigenvalue weighted by atomic mass is 9.87. The van der Waals surface area contributed by atoms with Gasteiger partial charge in [0.25, 0.3) is 0 Å². The second-order valence-electron chi connectivity index (χ2n) is 5.69. The summed E-state index contributed by atoms with van der Waals surface area (Å²) in [7, 11) is 0. The first-order valence-electron chi connectivity index (χ1n) is 7.36. The summed E-state index contributed by atoms with van der Waals surface area (Å²) in [5.41, 5.74) is 11.9. The lowest BCUT2D eigenvalue weighted by Gasteiger charge is -2.46. The van der Waals surface area contributed by atoms with Crippen LogP contribution >= 0.6 is 15.9 Å². The van der Waals surface area contributed by atoms with Crippen LogP contribution in [0.2, 0.25) is 0 Å². The first kappa shape index (κ1) is 15.7. The zero-order chi connectivity index (χ0) is 16.6. The van der Waals surface area contributed by atoms with Gasteiger partial charge in [0.1, 0.15) is 17.5 Å². The van der Waals surface area contributed by atoms with Crippen molar-refractivity contribution in [3.8, 4) is 6.07 Å². The minimum Gasteiger partial charge on any atom is -0.369 e. The molecule has 0 atom stereocenters.